The van der Waals surface area contributed by atoms with E-state index in [0.29, 0.717) is 29.3 Å². The number of hydrogen-bond acceptors (Lipinski definition) is 6. The van der Waals surface area contributed by atoms with Crippen LogP contribution in [0, 0.1) is 0 Å². The van der Waals surface area contributed by atoms with Crippen LogP contribution in [-0.4, -0.2) is 62.4 Å². The first kappa shape index (κ1) is 18.8. The Morgan fingerprint density at radius 3 is 2.80 bits per heavy atom. The molecule has 8 heteroatoms. The predicted octanol–water partition coefficient (Wildman–Crippen LogP) is 0.900. The van der Waals surface area contributed by atoms with E-state index in [-0.39, 0.29) is 5.68 Å². The predicted molar refractivity (Wildman–Crippen MR) is 117 cm³/mol. The number of rotatable bonds is 2. The number of carbonyl (C=O) groups is 1. The van der Waals surface area contributed by atoms with E-state index < -0.39 is 11.8 Å². The Bertz CT molecular complexity index is 1150. The van der Waals surface area contributed by atoms with Crippen molar-refractivity contribution in [3.63, 3.8) is 0 Å². The Kier molecular flexibility index (Phi) is 4.34. The van der Waals surface area contributed by atoms with Crippen molar-refractivity contribution < 1.29 is 15.0 Å². The van der Waals surface area contributed by atoms with Crippen molar-refractivity contribution in [1.29, 1.82) is 0 Å². The number of nitrogens with one attached hydrogen (secondary N) is 2. The molecule has 0 spiro atoms. The molecule has 0 aromatic carbocycles. The molecule has 150 valence electrons. The quantitative estimate of drug-likeness (QED) is 0.553. The van der Waals surface area contributed by atoms with E-state index in [1.807, 2.05) is 35.3 Å². The monoisotopic (exact) mass is 400 g/mol. The number of aromatic nitrogens is 1. The van der Waals surface area contributed by atoms with Gasteiger partial charge in [-0.2, -0.15) is 0 Å². The van der Waals surface area contributed by atoms with Gasteiger partial charge >= 0.3 is 174 Å². The van der Waals surface area contributed by atoms with Crippen LogP contribution in [0.3, 0.4) is 0 Å². The van der Waals surface area contributed by atoms with Gasteiger partial charge in [0.15, 0.2) is 0 Å². The number of fused-ring (bicyclic) bond motifs is 7. The van der Waals surface area contributed by atoms with E-state index in [9.17, 15) is 15.0 Å². The minimum atomic E-state index is -1.65. The van der Waals surface area contributed by atoms with Crippen LogP contribution in [0.5, 0.6) is 0 Å². The number of aliphatic hydroxyl groups excluding tert-OH is 1. The molecule has 2 atom stereocenters. The van der Waals surface area contributed by atoms with Gasteiger partial charge < -0.3 is 0 Å². The second-order valence-corrected chi connectivity index (χ2v) is 7.71. The summed E-state index contributed by atoms with van der Waals surface area (Å²) >= 11 is 0. The minimum absolute atomic E-state index is 0.0571. The summed E-state index contributed by atoms with van der Waals surface area (Å²) in [5.41, 5.74) is 2.87. The van der Waals surface area contributed by atoms with Crippen molar-refractivity contribution in [2.45, 2.75) is 25.2 Å². The number of aliphatic hydroxyl groups is 2. The van der Waals surface area contributed by atoms with E-state index >= 15 is 0 Å². The zero-order valence-corrected chi connectivity index (χ0v) is 16.5. The van der Waals surface area contributed by atoms with E-state index in [1.165, 1.54) is 6.08 Å². The van der Waals surface area contributed by atoms with Gasteiger partial charge in [-0.15, -0.1) is 0 Å². The molecule has 1 aromatic rings. The first-order valence-electron chi connectivity index (χ1n) is 9.97. The molecule has 4 aliphatic rings. The fraction of sp³-hybridized carbons (Fsp3) is 0.227. The van der Waals surface area contributed by atoms with Gasteiger partial charge in [-0.1, -0.05) is 0 Å². The summed E-state index contributed by atoms with van der Waals surface area (Å²) in [5, 5.41) is 24.6. The van der Waals surface area contributed by atoms with Gasteiger partial charge in [0.25, 0.3) is 0 Å². The summed E-state index contributed by atoms with van der Waals surface area (Å²) in [5.74, 6) is 0. The van der Waals surface area contributed by atoms with Gasteiger partial charge in [-0.25, -0.2) is 0 Å². The molecule has 30 heavy (non-hydrogen) atoms. The number of aliphatic imine (C=N–C) groups is 1. The summed E-state index contributed by atoms with van der Waals surface area (Å²) in [6, 6.07) is 3.80. The van der Waals surface area contributed by atoms with Crippen molar-refractivity contribution in [3.8, 4) is 0 Å². The van der Waals surface area contributed by atoms with Crippen molar-refractivity contribution in [3.05, 3.63) is 71.0 Å². The average molecular weight is 400 g/mol. The van der Waals surface area contributed by atoms with Crippen LogP contribution in [0.25, 0.3) is 12.2 Å². The van der Waals surface area contributed by atoms with Gasteiger partial charge in [0, 0.05) is 0 Å². The van der Waals surface area contributed by atoms with Gasteiger partial charge in [-0.05, 0) is 0 Å². The molecule has 0 radical (unpaired) electrons. The molecule has 0 saturated carbocycles. The molecule has 7 nitrogen and oxygen atoms in total. The van der Waals surface area contributed by atoms with E-state index in [2.05, 4.69) is 22.2 Å². The number of nitrogens with zero attached hydrogens (tertiary/aromatic N) is 2. The van der Waals surface area contributed by atoms with Crippen LogP contribution in [0.15, 0.2) is 64.6 Å². The maximum atomic E-state index is 12.7. The molecule has 0 aliphatic carbocycles. The second-order valence-electron chi connectivity index (χ2n) is 7.71. The first-order valence-corrected chi connectivity index (χ1v) is 9.97. The summed E-state index contributed by atoms with van der Waals surface area (Å²) in [6.45, 7) is 4.37. The second kappa shape index (κ2) is 6.93. The number of H-pyrrole nitrogens is 1. The van der Waals surface area contributed by atoms with Crippen molar-refractivity contribution in [1.82, 2.24) is 15.2 Å². The molecule has 5 heterocycles. The molecule has 4 aliphatic heterocycles. The van der Waals surface area contributed by atoms with Crippen LogP contribution >= 0.6 is 0 Å². The molecule has 8 bridgehead atoms. The number of allylic oxidation sites excluding steroid dienone is 3. The third-order valence-corrected chi connectivity index (χ3v) is 5.45. The molecule has 0 saturated heterocycles. The zero-order valence-electron chi connectivity index (χ0n) is 16.5. The zero-order chi connectivity index (χ0) is 20.9. The van der Waals surface area contributed by atoms with E-state index in [4.69, 9.17) is 0 Å². The topological polar surface area (TPSA) is 101 Å². The SMILES string of the molecule is CCCN1C2=BC(=O)C1=Cc1ccc([nH]1)C=C1C=CC(O)(N1)C(O)C1=NC(=C2)C=C1. The summed E-state index contributed by atoms with van der Waals surface area (Å²) < 4.78 is 0. The third kappa shape index (κ3) is 3.14. The average Bonchev–Trinajstić information content (AvgIpc) is 3.48. The Balaban J connectivity index is 1.65. The molecule has 1 aromatic heterocycles. The van der Waals surface area contributed by atoms with Crippen molar-refractivity contribution in [2.75, 3.05) is 6.54 Å². The molecular weight excluding hydrogens is 379 g/mol. The molecule has 5 rings (SSSR count). The standard InChI is InChI=1S/C22H21BN4O3/c1-2-9-27-18-11-14-4-3-13(24-14)10-16-7-8-22(30,26-16)20(28)17-6-5-15(25-17)12-19(27)23-21(18)29/h3-8,10-12,20,24,26,28,30H,2,9H2,1H3. The molecule has 0 fully saturated rings. The molecule has 2 unspecified atom stereocenters. The molecule has 4 N–H and O–H groups in total. The summed E-state index contributed by atoms with van der Waals surface area (Å²) in [7, 11) is 0. The van der Waals surface area contributed by atoms with Gasteiger partial charge in [0.2, 0.25) is 0 Å². The van der Waals surface area contributed by atoms with Crippen LogP contribution in [0.2, 0.25) is 0 Å². The normalized spacial score (nSPS) is 26.6. The number of aromatic amines is 1. The van der Waals surface area contributed by atoms with Crippen LogP contribution in [-0.2, 0) is 4.79 Å². The Hall–Kier alpha value is -3.23. The Morgan fingerprint density at radius 1 is 1.20 bits per heavy atom. The molecular formula is C22H21BN4O3. The maximum absolute atomic E-state index is 12.7. The fourth-order valence-corrected chi connectivity index (χ4v) is 3.99. The number of carbonyl (C=O) groups excluding carboxylic acids is 1. The summed E-state index contributed by atoms with van der Waals surface area (Å²) in [4.78, 5) is 22.4. The first-order chi connectivity index (χ1) is 14.4. The van der Waals surface area contributed by atoms with E-state index in [1.54, 1.807) is 25.1 Å². The van der Waals surface area contributed by atoms with Gasteiger partial charge in [-0.3, -0.25) is 0 Å². The van der Waals surface area contributed by atoms with E-state index in [0.717, 1.165) is 23.4 Å². The fourth-order valence-electron chi connectivity index (χ4n) is 3.99. The van der Waals surface area contributed by atoms with Crippen molar-refractivity contribution in [2.24, 2.45) is 4.99 Å². The van der Waals surface area contributed by atoms with Crippen LogP contribution in [0.1, 0.15) is 24.7 Å². The van der Waals surface area contributed by atoms with Crippen LogP contribution < -0.4 is 5.32 Å². The van der Waals surface area contributed by atoms with Crippen molar-refractivity contribution >= 4 is 36.1 Å². The Labute approximate surface area is 174 Å². The van der Waals surface area contributed by atoms with Crippen LogP contribution in [0.4, 0.5) is 0 Å². The third-order valence-electron chi connectivity index (χ3n) is 5.45. The van der Waals surface area contributed by atoms with Gasteiger partial charge in [0.1, 0.15) is 0 Å². The number of hydrogen-bond donors (Lipinski definition) is 4. The Morgan fingerprint density at radius 2 is 2.00 bits per heavy atom. The summed E-state index contributed by atoms with van der Waals surface area (Å²) in [6.07, 6.45) is 11.8. The molecule has 0 amide bonds. The van der Waals surface area contributed by atoms with Gasteiger partial charge in [0.05, 0.1) is 0 Å².